The summed E-state index contributed by atoms with van der Waals surface area (Å²) in [6, 6.07) is 12.8. The molecular weight excluding hydrogens is 390 g/mol. The molecule has 0 spiro atoms. The van der Waals surface area contributed by atoms with Crippen LogP contribution in [0, 0.1) is 0 Å². The average Bonchev–Trinajstić information content (AvgIpc) is 3.34. The maximum atomic E-state index is 13.6. The minimum Gasteiger partial charge on any atom is -0.350 e. The van der Waals surface area contributed by atoms with Crippen molar-refractivity contribution in [2.24, 2.45) is 0 Å². The standard InChI is InChI=1S/C24H27N5O2/c1-3-12-27-23(31)24(2,21-10-5-4-6-11-21)29(16-8-15-28-17-14-26-19-28)22(30)20-9-7-13-25-18-20/h3-7,9-11,13-14,17-19H,1,8,12,15-16H2,2H3,(H,27,31). The maximum Gasteiger partial charge on any atom is 0.256 e. The summed E-state index contributed by atoms with van der Waals surface area (Å²) in [5, 5.41) is 2.88. The van der Waals surface area contributed by atoms with Crippen molar-refractivity contribution in [1.82, 2.24) is 24.8 Å². The monoisotopic (exact) mass is 417 g/mol. The molecule has 0 aliphatic carbocycles. The summed E-state index contributed by atoms with van der Waals surface area (Å²) in [6.45, 7) is 6.83. The lowest BCUT2D eigenvalue weighted by Crippen LogP contribution is -2.57. The molecule has 2 amide bonds. The lowest BCUT2D eigenvalue weighted by Gasteiger charge is -2.40. The Kier molecular flexibility index (Phi) is 7.32. The van der Waals surface area contributed by atoms with Crippen molar-refractivity contribution in [1.29, 1.82) is 0 Å². The molecule has 0 aliphatic heterocycles. The van der Waals surface area contributed by atoms with E-state index in [4.69, 9.17) is 0 Å². The molecule has 0 aliphatic rings. The number of aromatic nitrogens is 3. The number of hydrogen-bond donors (Lipinski definition) is 1. The molecule has 3 rings (SSSR count). The highest BCUT2D eigenvalue weighted by atomic mass is 16.2. The second kappa shape index (κ2) is 10.3. The number of imidazole rings is 1. The highest BCUT2D eigenvalue weighted by molar-refractivity contribution is 5.99. The molecule has 1 N–H and O–H groups in total. The summed E-state index contributed by atoms with van der Waals surface area (Å²) in [7, 11) is 0. The van der Waals surface area contributed by atoms with Gasteiger partial charge in [0.15, 0.2) is 0 Å². The van der Waals surface area contributed by atoms with Crippen LogP contribution in [-0.2, 0) is 16.9 Å². The Morgan fingerprint density at radius 1 is 1.16 bits per heavy atom. The number of aryl methyl sites for hydroxylation is 1. The van der Waals surface area contributed by atoms with Crippen molar-refractivity contribution in [3.8, 4) is 0 Å². The van der Waals surface area contributed by atoms with E-state index in [1.54, 1.807) is 48.8 Å². The third-order valence-corrected chi connectivity index (χ3v) is 5.24. The molecule has 1 unspecified atom stereocenters. The number of nitrogens with one attached hydrogen (secondary N) is 1. The largest absolute Gasteiger partial charge is 0.350 e. The van der Waals surface area contributed by atoms with E-state index in [0.29, 0.717) is 31.6 Å². The average molecular weight is 418 g/mol. The van der Waals surface area contributed by atoms with E-state index in [2.05, 4.69) is 21.9 Å². The summed E-state index contributed by atoms with van der Waals surface area (Å²) in [4.78, 5) is 36.8. The van der Waals surface area contributed by atoms with E-state index in [1.807, 2.05) is 41.1 Å². The van der Waals surface area contributed by atoms with Gasteiger partial charge in [-0.25, -0.2) is 4.98 Å². The summed E-state index contributed by atoms with van der Waals surface area (Å²) in [5.74, 6) is -0.516. The first kappa shape index (κ1) is 22.0. The molecule has 0 saturated carbocycles. The Labute approximate surface area is 182 Å². The van der Waals surface area contributed by atoms with Gasteiger partial charge in [0.05, 0.1) is 11.9 Å². The lowest BCUT2D eigenvalue weighted by molar-refractivity contribution is -0.131. The fraction of sp³-hybridized carbons (Fsp3) is 0.250. The number of amides is 2. The molecule has 2 heterocycles. The van der Waals surface area contributed by atoms with E-state index in [-0.39, 0.29) is 11.8 Å². The van der Waals surface area contributed by atoms with Gasteiger partial charge >= 0.3 is 0 Å². The molecule has 2 aromatic heterocycles. The van der Waals surface area contributed by atoms with Gasteiger partial charge in [0.1, 0.15) is 5.54 Å². The Morgan fingerprint density at radius 3 is 2.61 bits per heavy atom. The van der Waals surface area contributed by atoms with Crippen LogP contribution in [-0.4, -0.2) is 44.3 Å². The van der Waals surface area contributed by atoms with Gasteiger partial charge in [0.25, 0.3) is 11.8 Å². The molecule has 0 radical (unpaired) electrons. The van der Waals surface area contributed by atoms with Crippen LogP contribution in [0.3, 0.4) is 0 Å². The van der Waals surface area contributed by atoms with Crippen LogP contribution in [0.5, 0.6) is 0 Å². The van der Waals surface area contributed by atoms with E-state index in [1.165, 1.54) is 6.20 Å². The van der Waals surface area contributed by atoms with Gasteiger partial charge < -0.3 is 14.8 Å². The maximum absolute atomic E-state index is 13.6. The SMILES string of the molecule is C=CCNC(=O)C(C)(c1ccccc1)N(CCCn1ccnc1)C(=O)c1cccnc1. The van der Waals surface area contributed by atoms with E-state index in [9.17, 15) is 9.59 Å². The quantitative estimate of drug-likeness (QED) is 0.514. The Bertz CT molecular complexity index is 989. The number of rotatable bonds is 10. The molecule has 7 nitrogen and oxygen atoms in total. The summed E-state index contributed by atoms with van der Waals surface area (Å²) in [5.41, 5.74) is -0.0492. The van der Waals surface area contributed by atoms with Gasteiger partial charge in [-0.05, 0) is 31.0 Å². The zero-order valence-corrected chi connectivity index (χ0v) is 17.6. The molecular formula is C24H27N5O2. The number of carbonyl (C=O) groups excluding carboxylic acids is 2. The summed E-state index contributed by atoms with van der Waals surface area (Å²) >= 11 is 0. The highest BCUT2D eigenvalue weighted by Gasteiger charge is 2.43. The van der Waals surface area contributed by atoms with Crippen LogP contribution in [0.25, 0.3) is 0 Å². The van der Waals surface area contributed by atoms with Crippen LogP contribution < -0.4 is 5.32 Å². The predicted octanol–water partition coefficient (Wildman–Crippen LogP) is 3.03. The Morgan fingerprint density at radius 2 is 1.97 bits per heavy atom. The van der Waals surface area contributed by atoms with Crippen LogP contribution in [0.15, 0.2) is 86.2 Å². The first-order valence-corrected chi connectivity index (χ1v) is 10.2. The molecule has 3 aromatic rings. The van der Waals surface area contributed by atoms with Crippen LogP contribution >= 0.6 is 0 Å². The number of nitrogens with zero attached hydrogens (tertiary/aromatic N) is 4. The van der Waals surface area contributed by atoms with Crippen molar-refractivity contribution in [2.45, 2.75) is 25.4 Å². The van der Waals surface area contributed by atoms with Crippen LogP contribution in [0.2, 0.25) is 0 Å². The second-order valence-corrected chi connectivity index (χ2v) is 7.29. The molecule has 1 atom stereocenters. The molecule has 7 heteroatoms. The zero-order valence-electron chi connectivity index (χ0n) is 17.6. The van der Waals surface area contributed by atoms with Crippen molar-refractivity contribution in [2.75, 3.05) is 13.1 Å². The number of carbonyl (C=O) groups is 2. The van der Waals surface area contributed by atoms with Gasteiger partial charge in [-0.3, -0.25) is 14.6 Å². The third kappa shape index (κ3) is 5.06. The fourth-order valence-corrected chi connectivity index (χ4v) is 3.51. The van der Waals surface area contributed by atoms with Crippen molar-refractivity contribution >= 4 is 11.8 Å². The van der Waals surface area contributed by atoms with Gasteiger partial charge in [0, 0.05) is 44.4 Å². The third-order valence-electron chi connectivity index (χ3n) is 5.24. The molecule has 31 heavy (non-hydrogen) atoms. The topological polar surface area (TPSA) is 80.1 Å². The minimum absolute atomic E-state index is 0.251. The first-order valence-electron chi connectivity index (χ1n) is 10.2. The number of benzene rings is 1. The molecule has 0 bridgehead atoms. The summed E-state index contributed by atoms with van der Waals surface area (Å²) < 4.78 is 1.95. The van der Waals surface area contributed by atoms with Crippen molar-refractivity contribution in [3.63, 3.8) is 0 Å². The van der Waals surface area contributed by atoms with Gasteiger partial charge in [-0.15, -0.1) is 6.58 Å². The van der Waals surface area contributed by atoms with E-state index >= 15 is 0 Å². The normalized spacial score (nSPS) is 12.5. The Hall–Kier alpha value is -3.74. The molecule has 0 fully saturated rings. The van der Waals surface area contributed by atoms with Crippen molar-refractivity contribution in [3.05, 3.63) is 97.4 Å². The van der Waals surface area contributed by atoms with Gasteiger partial charge in [-0.2, -0.15) is 0 Å². The number of pyridine rings is 1. The van der Waals surface area contributed by atoms with E-state index in [0.717, 1.165) is 5.56 Å². The smallest absolute Gasteiger partial charge is 0.256 e. The van der Waals surface area contributed by atoms with E-state index < -0.39 is 5.54 Å². The van der Waals surface area contributed by atoms with Gasteiger partial charge in [0.2, 0.25) is 0 Å². The predicted molar refractivity (Wildman–Crippen MR) is 119 cm³/mol. The molecule has 160 valence electrons. The fourth-order valence-electron chi connectivity index (χ4n) is 3.51. The first-order chi connectivity index (χ1) is 15.1. The minimum atomic E-state index is -1.22. The van der Waals surface area contributed by atoms with Crippen molar-refractivity contribution < 1.29 is 9.59 Å². The van der Waals surface area contributed by atoms with Crippen LogP contribution in [0.4, 0.5) is 0 Å². The van der Waals surface area contributed by atoms with Gasteiger partial charge in [-0.1, -0.05) is 36.4 Å². The van der Waals surface area contributed by atoms with Crippen LogP contribution in [0.1, 0.15) is 29.3 Å². The zero-order chi connectivity index (χ0) is 22.1. The second-order valence-electron chi connectivity index (χ2n) is 7.29. The number of hydrogen-bond acceptors (Lipinski definition) is 4. The molecule has 1 aromatic carbocycles. The molecule has 0 saturated heterocycles. The Balaban J connectivity index is 1.99. The lowest BCUT2D eigenvalue weighted by atomic mass is 9.87. The summed E-state index contributed by atoms with van der Waals surface area (Å²) in [6.07, 6.45) is 10.7. The highest BCUT2D eigenvalue weighted by Crippen LogP contribution is 2.31.